The maximum atomic E-state index is 12.3. The second kappa shape index (κ2) is 6.04. The van der Waals surface area contributed by atoms with Crippen molar-refractivity contribution in [3.8, 4) is 0 Å². The van der Waals surface area contributed by atoms with Crippen molar-refractivity contribution in [1.29, 1.82) is 0 Å². The zero-order valence-electron chi connectivity index (χ0n) is 12.2. The van der Waals surface area contributed by atoms with Crippen molar-refractivity contribution in [2.75, 3.05) is 11.9 Å². The normalized spacial score (nSPS) is 15.3. The van der Waals surface area contributed by atoms with Gasteiger partial charge in [-0.25, -0.2) is 0 Å². The lowest BCUT2D eigenvalue weighted by Gasteiger charge is -2.26. The van der Waals surface area contributed by atoms with Gasteiger partial charge in [0.25, 0.3) is 0 Å². The molecule has 0 radical (unpaired) electrons. The minimum Gasteiger partial charge on any atom is -0.301 e. The number of nitrogens with one attached hydrogen (secondary N) is 2. The van der Waals surface area contributed by atoms with Crippen LogP contribution < -0.4 is 5.32 Å². The Morgan fingerprint density at radius 1 is 1.30 bits per heavy atom. The molecule has 1 amide bonds. The van der Waals surface area contributed by atoms with Crippen LogP contribution in [-0.2, 0) is 24.3 Å². The molecule has 0 spiro atoms. The van der Waals surface area contributed by atoms with Gasteiger partial charge in [0.1, 0.15) is 0 Å². The Bertz CT molecular complexity index is 696. The van der Waals surface area contributed by atoms with E-state index in [1.54, 1.807) is 0 Å². The Morgan fingerprint density at radius 3 is 2.74 bits per heavy atom. The minimum absolute atomic E-state index is 0.0262. The van der Waals surface area contributed by atoms with Crippen LogP contribution in [0.4, 0.5) is 19.0 Å². The molecule has 2 aromatic rings. The van der Waals surface area contributed by atoms with Crippen molar-refractivity contribution >= 4 is 11.7 Å². The Morgan fingerprint density at radius 2 is 2.04 bits per heavy atom. The summed E-state index contributed by atoms with van der Waals surface area (Å²) >= 11 is 0. The van der Waals surface area contributed by atoms with Crippen molar-refractivity contribution < 1.29 is 18.0 Å². The van der Waals surface area contributed by atoms with E-state index >= 15 is 0 Å². The summed E-state index contributed by atoms with van der Waals surface area (Å²) in [5.74, 6) is -2.03. The molecule has 0 fully saturated rings. The molecule has 1 aliphatic rings. The molecule has 0 atom stereocenters. The molecule has 8 heteroatoms. The first-order valence-corrected chi connectivity index (χ1v) is 7.14. The van der Waals surface area contributed by atoms with Crippen molar-refractivity contribution in [2.24, 2.45) is 0 Å². The van der Waals surface area contributed by atoms with E-state index in [1.165, 1.54) is 5.56 Å². The molecular formula is C15H15F3N4O. The van der Waals surface area contributed by atoms with Crippen LogP contribution in [0.3, 0.4) is 0 Å². The third kappa shape index (κ3) is 3.53. The van der Waals surface area contributed by atoms with Gasteiger partial charge in [0, 0.05) is 25.2 Å². The third-order valence-electron chi connectivity index (χ3n) is 3.75. The summed E-state index contributed by atoms with van der Waals surface area (Å²) < 4.78 is 37.0. The van der Waals surface area contributed by atoms with Crippen LogP contribution in [0.5, 0.6) is 0 Å². The Hall–Kier alpha value is -2.35. The van der Waals surface area contributed by atoms with Gasteiger partial charge in [0.15, 0.2) is 5.82 Å². The first-order valence-electron chi connectivity index (χ1n) is 7.14. The van der Waals surface area contributed by atoms with Crippen LogP contribution in [0.25, 0.3) is 0 Å². The number of carbonyl (C=O) groups excluding carboxylic acids is 1. The van der Waals surface area contributed by atoms with Crippen LogP contribution in [0, 0.1) is 0 Å². The number of fused-ring (bicyclic) bond motifs is 1. The fourth-order valence-corrected chi connectivity index (χ4v) is 2.63. The van der Waals surface area contributed by atoms with Crippen LogP contribution in [0.15, 0.2) is 30.3 Å². The lowest BCUT2D eigenvalue weighted by atomic mass is 10.1. The average molecular weight is 324 g/mol. The maximum absolute atomic E-state index is 12.3. The number of hydrogen-bond donors (Lipinski definition) is 2. The van der Waals surface area contributed by atoms with Crippen LogP contribution in [-0.4, -0.2) is 33.7 Å². The summed E-state index contributed by atoms with van der Waals surface area (Å²) in [6, 6.07) is 9.93. The number of aromatic amines is 1. The predicted molar refractivity (Wildman–Crippen MR) is 77.5 cm³/mol. The number of carbonyl (C=O) groups is 1. The molecule has 2 heterocycles. The second-order valence-electron chi connectivity index (χ2n) is 5.43. The molecule has 1 aromatic heterocycles. The predicted octanol–water partition coefficient (Wildman–Crippen LogP) is 2.47. The van der Waals surface area contributed by atoms with E-state index in [0.29, 0.717) is 25.1 Å². The first kappa shape index (κ1) is 15.5. The summed E-state index contributed by atoms with van der Waals surface area (Å²) in [6.45, 7) is 2.00. The SMILES string of the molecule is O=C(Nc1n[nH]c2c1CCN(Cc1ccccc1)C2)C(F)(F)F. The Kier molecular flexibility index (Phi) is 4.08. The Labute approximate surface area is 130 Å². The Balaban J connectivity index is 1.68. The highest BCUT2D eigenvalue weighted by molar-refractivity contribution is 5.94. The summed E-state index contributed by atoms with van der Waals surface area (Å²) in [4.78, 5) is 13.2. The standard InChI is InChI=1S/C15H15F3N4O/c16-15(17,18)14(23)19-13-11-6-7-22(9-12(11)20-21-13)8-10-4-2-1-3-5-10/h1-5H,6-9H2,(H2,19,20,21,23). The van der Waals surface area contributed by atoms with E-state index in [9.17, 15) is 18.0 Å². The number of anilines is 1. The molecule has 0 aliphatic carbocycles. The zero-order chi connectivity index (χ0) is 16.4. The highest BCUT2D eigenvalue weighted by Crippen LogP contribution is 2.26. The number of alkyl halides is 3. The van der Waals surface area contributed by atoms with Crippen LogP contribution in [0.2, 0.25) is 0 Å². The second-order valence-corrected chi connectivity index (χ2v) is 5.43. The summed E-state index contributed by atoms with van der Waals surface area (Å²) in [6.07, 6.45) is -4.38. The van der Waals surface area contributed by atoms with Gasteiger partial charge >= 0.3 is 12.1 Å². The van der Waals surface area contributed by atoms with E-state index in [-0.39, 0.29) is 5.82 Å². The summed E-state index contributed by atoms with van der Waals surface area (Å²) in [5, 5.41) is 8.36. The fourth-order valence-electron chi connectivity index (χ4n) is 2.63. The molecule has 5 nitrogen and oxygen atoms in total. The molecule has 0 saturated heterocycles. The van der Waals surface area contributed by atoms with Gasteiger partial charge in [0.2, 0.25) is 0 Å². The number of halogens is 3. The molecule has 0 saturated carbocycles. The van der Waals surface area contributed by atoms with Gasteiger partial charge in [-0.2, -0.15) is 18.3 Å². The van der Waals surface area contributed by atoms with Crippen molar-refractivity contribution in [1.82, 2.24) is 15.1 Å². The van der Waals surface area contributed by atoms with E-state index < -0.39 is 12.1 Å². The zero-order valence-corrected chi connectivity index (χ0v) is 12.2. The third-order valence-corrected chi connectivity index (χ3v) is 3.75. The van der Waals surface area contributed by atoms with E-state index in [2.05, 4.69) is 15.1 Å². The molecule has 3 rings (SSSR count). The number of hydrogen-bond acceptors (Lipinski definition) is 3. The maximum Gasteiger partial charge on any atom is 0.471 e. The van der Waals surface area contributed by atoms with Crippen molar-refractivity contribution in [3.05, 3.63) is 47.2 Å². The van der Waals surface area contributed by atoms with Crippen LogP contribution >= 0.6 is 0 Å². The number of aromatic nitrogens is 2. The van der Waals surface area contributed by atoms with E-state index in [4.69, 9.17) is 0 Å². The van der Waals surface area contributed by atoms with Gasteiger partial charge in [-0.3, -0.25) is 14.8 Å². The smallest absolute Gasteiger partial charge is 0.301 e. The number of benzene rings is 1. The number of nitrogens with zero attached hydrogens (tertiary/aromatic N) is 2. The average Bonchev–Trinajstić information content (AvgIpc) is 2.90. The number of rotatable bonds is 3. The molecule has 0 unspecified atom stereocenters. The molecule has 1 aromatic carbocycles. The van der Waals surface area contributed by atoms with E-state index in [0.717, 1.165) is 12.2 Å². The van der Waals surface area contributed by atoms with Crippen LogP contribution in [0.1, 0.15) is 16.8 Å². The lowest BCUT2D eigenvalue weighted by molar-refractivity contribution is -0.167. The van der Waals surface area contributed by atoms with E-state index in [1.807, 2.05) is 35.6 Å². The highest BCUT2D eigenvalue weighted by Gasteiger charge is 2.39. The minimum atomic E-state index is -4.92. The largest absolute Gasteiger partial charge is 0.471 e. The molecule has 0 bridgehead atoms. The van der Waals surface area contributed by atoms with Gasteiger partial charge in [0.05, 0.1) is 5.69 Å². The van der Waals surface area contributed by atoms with Gasteiger partial charge in [-0.05, 0) is 12.0 Å². The summed E-state index contributed by atoms with van der Waals surface area (Å²) in [7, 11) is 0. The molecule has 23 heavy (non-hydrogen) atoms. The van der Waals surface area contributed by atoms with Gasteiger partial charge < -0.3 is 5.32 Å². The molecule has 1 aliphatic heterocycles. The first-order chi connectivity index (χ1) is 10.9. The molecule has 122 valence electrons. The summed E-state index contributed by atoms with van der Waals surface area (Å²) in [5.41, 5.74) is 2.55. The highest BCUT2D eigenvalue weighted by atomic mass is 19.4. The number of H-pyrrole nitrogens is 1. The molecule has 2 N–H and O–H groups in total. The van der Waals surface area contributed by atoms with Gasteiger partial charge in [-0.15, -0.1) is 0 Å². The number of amides is 1. The topological polar surface area (TPSA) is 61.0 Å². The fraction of sp³-hybridized carbons (Fsp3) is 0.333. The van der Waals surface area contributed by atoms with Crippen molar-refractivity contribution in [3.63, 3.8) is 0 Å². The lowest BCUT2D eigenvalue weighted by Crippen LogP contribution is -2.32. The quantitative estimate of drug-likeness (QED) is 0.912. The molecular weight excluding hydrogens is 309 g/mol. The van der Waals surface area contributed by atoms with Gasteiger partial charge in [-0.1, -0.05) is 30.3 Å². The monoisotopic (exact) mass is 324 g/mol. The van der Waals surface area contributed by atoms with Crippen molar-refractivity contribution in [2.45, 2.75) is 25.7 Å².